The van der Waals surface area contributed by atoms with Gasteiger partial charge in [-0.3, -0.25) is 9.69 Å². The standard InChI is InChI=1S/C32H35N5O3S/c1-36-25-18-34-30-27(28(25)32(31(36)38)14-15-33-20-32)26(22-6-4-3-5-7-22)29(35-30)23-10-8-21(9-11-23)19-37-16-12-24(13-17-37)41(2,39)40/h3-11,18,24,33H,12-17,19-20H2,1-2H3,(H,34,35). The van der Waals surface area contributed by atoms with Crippen molar-refractivity contribution in [2.75, 3.05) is 44.4 Å². The number of likely N-dealkylation sites (tertiary alicyclic amines) is 1. The highest BCUT2D eigenvalue weighted by molar-refractivity contribution is 7.91. The summed E-state index contributed by atoms with van der Waals surface area (Å²) in [5, 5.41) is 4.26. The highest BCUT2D eigenvalue weighted by atomic mass is 32.2. The van der Waals surface area contributed by atoms with Gasteiger partial charge < -0.3 is 15.2 Å². The molecule has 7 rings (SSSR count). The van der Waals surface area contributed by atoms with E-state index in [2.05, 4.69) is 63.7 Å². The first kappa shape index (κ1) is 26.4. The van der Waals surface area contributed by atoms with Crippen LogP contribution in [0, 0.1) is 0 Å². The van der Waals surface area contributed by atoms with Crippen LogP contribution in [0.1, 0.15) is 30.4 Å². The number of carbonyl (C=O) groups excluding carboxylic acids is 1. The number of hydrogen-bond donors (Lipinski definition) is 2. The lowest BCUT2D eigenvalue weighted by Crippen LogP contribution is -2.40. The lowest BCUT2D eigenvalue weighted by molar-refractivity contribution is -0.122. The highest BCUT2D eigenvalue weighted by Crippen LogP contribution is 2.51. The van der Waals surface area contributed by atoms with Gasteiger partial charge in [-0.05, 0) is 55.6 Å². The number of pyridine rings is 1. The van der Waals surface area contributed by atoms with Crippen LogP contribution in [-0.2, 0) is 26.6 Å². The van der Waals surface area contributed by atoms with Crippen LogP contribution in [0.15, 0.2) is 60.8 Å². The van der Waals surface area contributed by atoms with Crippen molar-refractivity contribution in [1.29, 1.82) is 0 Å². The van der Waals surface area contributed by atoms with Gasteiger partial charge in [0.2, 0.25) is 5.91 Å². The smallest absolute Gasteiger partial charge is 0.238 e. The van der Waals surface area contributed by atoms with Gasteiger partial charge in [0, 0.05) is 42.9 Å². The second-order valence-corrected chi connectivity index (χ2v) is 14.2. The normalized spacial score (nSPS) is 21.8. The first-order valence-electron chi connectivity index (χ1n) is 14.4. The lowest BCUT2D eigenvalue weighted by atomic mass is 9.78. The number of nitrogens with zero attached hydrogens (tertiary/aromatic N) is 3. The quantitative estimate of drug-likeness (QED) is 0.375. The van der Waals surface area contributed by atoms with Crippen LogP contribution in [0.5, 0.6) is 0 Å². The third-order valence-corrected chi connectivity index (χ3v) is 11.0. The number of carbonyl (C=O) groups is 1. The van der Waals surface area contributed by atoms with Crippen molar-refractivity contribution in [2.45, 2.75) is 36.5 Å². The fraction of sp³-hybridized carbons (Fsp3) is 0.375. The van der Waals surface area contributed by atoms with E-state index in [9.17, 15) is 13.2 Å². The fourth-order valence-corrected chi connectivity index (χ4v) is 8.22. The number of benzene rings is 2. The molecule has 3 aliphatic heterocycles. The first-order valence-corrected chi connectivity index (χ1v) is 16.3. The number of aromatic nitrogens is 2. The number of fused-ring (bicyclic) bond motifs is 4. The Morgan fingerprint density at radius 2 is 1.76 bits per heavy atom. The molecule has 2 aromatic carbocycles. The molecule has 212 valence electrons. The molecule has 2 N–H and O–H groups in total. The molecular formula is C32H35N5O3S. The molecule has 2 fully saturated rings. The number of sulfone groups is 1. The van der Waals surface area contributed by atoms with Gasteiger partial charge in [0.05, 0.1) is 28.2 Å². The van der Waals surface area contributed by atoms with Gasteiger partial charge in [0.15, 0.2) is 0 Å². The number of aromatic amines is 1. The molecule has 5 heterocycles. The molecule has 2 aromatic heterocycles. The monoisotopic (exact) mass is 569 g/mol. The molecule has 3 aliphatic rings. The lowest BCUT2D eigenvalue weighted by Gasteiger charge is -2.31. The number of H-pyrrole nitrogens is 1. The summed E-state index contributed by atoms with van der Waals surface area (Å²) in [5.41, 5.74) is 7.61. The maximum absolute atomic E-state index is 13.6. The van der Waals surface area contributed by atoms with Gasteiger partial charge in [-0.15, -0.1) is 0 Å². The first-order chi connectivity index (χ1) is 19.8. The van der Waals surface area contributed by atoms with Gasteiger partial charge in [0.25, 0.3) is 0 Å². The Labute approximate surface area is 240 Å². The summed E-state index contributed by atoms with van der Waals surface area (Å²) in [4.78, 5) is 26.2. The Morgan fingerprint density at radius 3 is 2.41 bits per heavy atom. The third-order valence-electron chi connectivity index (χ3n) is 9.36. The SMILES string of the molecule is CN1C(=O)C2(CCNC2)c2c1cnc1[nH]c(-c3ccc(CN4CCC(S(C)(=O)=O)CC4)cc3)c(-c3ccccc3)c21. The Balaban J connectivity index is 1.29. The Kier molecular flexibility index (Phi) is 6.30. The predicted octanol–water partition coefficient (Wildman–Crippen LogP) is 4.11. The molecule has 1 atom stereocenters. The average Bonchev–Trinajstić information content (AvgIpc) is 3.67. The van der Waals surface area contributed by atoms with Gasteiger partial charge in [-0.1, -0.05) is 54.6 Å². The molecule has 0 aliphatic carbocycles. The van der Waals surface area contributed by atoms with E-state index >= 15 is 0 Å². The van der Waals surface area contributed by atoms with Gasteiger partial charge in [-0.2, -0.15) is 0 Å². The third kappa shape index (κ3) is 4.29. The van der Waals surface area contributed by atoms with E-state index in [1.807, 2.05) is 19.3 Å². The summed E-state index contributed by atoms with van der Waals surface area (Å²) in [6.07, 6.45) is 5.35. The minimum absolute atomic E-state index is 0.137. The summed E-state index contributed by atoms with van der Waals surface area (Å²) in [5.74, 6) is 0.137. The van der Waals surface area contributed by atoms with Gasteiger partial charge in [0.1, 0.15) is 15.5 Å². The second kappa shape index (κ2) is 9.79. The van der Waals surface area contributed by atoms with Gasteiger partial charge >= 0.3 is 0 Å². The fourth-order valence-electron chi connectivity index (χ4n) is 7.15. The van der Waals surface area contributed by atoms with E-state index in [1.54, 1.807) is 4.90 Å². The molecule has 0 saturated carbocycles. The molecule has 2 saturated heterocycles. The molecule has 0 radical (unpaired) electrons. The maximum Gasteiger partial charge on any atom is 0.238 e. The molecule has 0 bridgehead atoms. The van der Waals surface area contributed by atoms with Crippen molar-refractivity contribution >= 4 is 32.5 Å². The molecule has 1 spiro atoms. The van der Waals surface area contributed by atoms with Crippen LogP contribution in [0.4, 0.5) is 5.69 Å². The number of hydrogen-bond acceptors (Lipinski definition) is 6. The summed E-state index contributed by atoms with van der Waals surface area (Å²) < 4.78 is 23.9. The minimum Gasteiger partial charge on any atom is -0.339 e. The van der Waals surface area contributed by atoms with E-state index in [0.717, 1.165) is 77.3 Å². The Morgan fingerprint density at radius 1 is 1.02 bits per heavy atom. The van der Waals surface area contributed by atoms with Crippen molar-refractivity contribution in [3.8, 4) is 22.4 Å². The van der Waals surface area contributed by atoms with E-state index in [-0.39, 0.29) is 11.2 Å². The van der Waals surface area contributed by atoms with Crippen molar-refractivity contribution < 1.29 is 13.2 Å². The number of likely N-dealkylation sites (N-methyl/N-ethyl adjacent to an activating group) is 1. The van der Waals surface area contributed by atoms with E-state index < -0.39 is 15.3 Å². The average molecular weight is 570 g/mol. The van der Waals surface area contributed by atoms with E-state index in [1.165, 1.54) is 11.8 Å². The Hall–Kier alpha value is -3.53. The second-order valence-electron chi connectivity index (χ2n) is 11.9. The minimum atomic E-state index is -2.97. The predicted molar refractivity (Wildman–Crippen MR) is 163 cm³/mol. The number of amides is 1. The van der Waals surface area contributed by atoms with Crippen molar-refractivity contribution in [1.82, 2.24) is 20.2 Å². The maximum atomic E-state index is 13.6. The largest absolute Gasteiger partial charge is 0.339 e. The van der Waals surface area contributed by atoms with Crippen LogP contribution in [0.3, 0.4) is 0 Å². The zero-order chi connectivity index (χ0) is 28.4. The van der Waals surface area contributed by atoms with Crippen molar-refractivity contribution in [3.05, 3.63) is 71.9 Å². The van der Waals surface area contributed by atoms with Crippen LogP contribution in [0.25, 0.3) is 33.4 Å². The topological polar surface area (TPSA) is 98.4 Å². The summed E-state index contributed by atoms with van der Waals surface area (Å²) in [6.45, 7) is 3.83. The van der Waals surface area contributed by atoms with Crippen LogP contribution < -0.4 is 10.2 Å². The number of anilines is 1. The number of rotatable bonds is 5. The zero-order valence-electron chi connectivity index (χ0n) is 23.5. The van der Waals surface area contributed by atoms with E-state index in [4.69, 9.17) is 4.98 Å². The summed E-state index contributed by atoms with van der Waals surface area (Å²) in [6, 6.07) is 19.0. The van der Waals surface area contributed by atoms with Crippen LogP contribution in [-0.4, -0.2) is 73.9 Å². The van der Waals surface area contributed by atoms with Crippen molar-refractivity contribution in [3.63, 3.8) is 0 Å². The number of nitrogens with one attached hydrogen (secondary N) is 2. The van der Waals surface area contributed by atoms with Gasteiger partial charge in [-0.25, -0.2) is 13.4 Å². The molecule has 8 nitrogen and oxygen atoms in total. The molecule has 4 aromatic rings. The summed E-state index contributed by atoms with van der Waals surface area (Å²) >= 11 is 0. The van der Waals surface area contributed by atoms with E-state index in [0.29, 0.717) is 19.4 Å². The molecule has 41 heavy (non-hydrogen) atoms. The van der Waals surface area contributed by atoms with Crippen LogP contribution >= 0.6 is 0 Å². The van der Waals surface area contributed by atoms with Crippen LogP contribution in [0.2, 0.25) is 0 Å². The summed E-state index contributed by atoms with van der Waals surface area (Å²) in [7, 11) is -1.11. The zero-order valence-corrected chi connectivity index (χ0v) is 24.3. The number of piperidine rings is 1. The van der Waals surface area contributed by atoms with Crippen molar-refractivity contribution in [2.24, 2.45) is 0 Å². The molecule has 9 heteroatoms. The highest BCUT2D eigenvalue weighted by Gasteiger charge is 2.53. The molecular weight excluding hydrogens is 534 g/mol. The molecule has 1 amide bonds. The molecule has 1 unspecified atom stereocenters. The Bertz CT molecular complexity index is 1730.